The van der Waals surface area contributed by atoms with Crippen LogP contribution in [0.2, 0.25) is 0 Å². The van der Waals surface area contributed by atoms with Crippen molar-refractivity contribution in [3.8, 4) is 11.8 Å². The fourth-order valence-electron chi connectivity index (χ4n) is 0.881. The highest BCUT2D eigenvalue weighted by Crippen LogP contribution is 2.01. The van der Waals surface area contributed by atoms with Crippen molar-refractivity contribution in [1.29, 1.82) is 0 Å². The first-order valence-corrected chi connectivity index (χ1v) is 4.27. The van der Waals surface area contributed by atoms with Crippen molar-refractivity contribution in [3.63, 3.8) is 0 Å². The van der Waals surface area contributed by atoms with E-state index in [1.54, 1.807) is 0 Å². The van der Waals surface area contributed by atoms with Gasteiger partial charge in [-0.3, -0.25) is 4.79 Å². The molecule has 0 N–H and O–H groups in total. The van der Waals surface area contributed by atoms with Gasteiger partial charge in [0, 0.05) is 16.7 Å². The van der Waals surface area contributed by atoms with Gasteiger partial charge in [0.05, 0.1) is 12.3 Å². The molecule has 2 rings (SSSR count). The van der Waals surface area contributed by atoms with E-state index in [0.717, 1.165) is 0 Å². The fourth-order valence-corrected chi connectivity index (χ4v) is 0.881. The zero-order chi connectivity index (χ0) is 19.0. The molecule has 0 aliphatic rings. The van der Waals surface area contributed by atoms with Crippen LogP contribution < -0.4 is 0 Å². The minimum atomic E-state index is -0.569. The molecule has 0 aliphatic carbocycles. The van der Waals surface area contributed by atoms with Gasteiger partial charge in [0.15, 0.2) is 0 Å². The molecule has 1 heteroatoms. The Labute approximate surface area is 107 Å². The molecule has 0 amide bonds. The van der Waals surface area contributed by atoms with Crippen LogP contribution in [0.25, 0.3) is 0 Å². The first-order chi connectivity index (χ1) is 11.6. The molecule has 0 bridgehead atoms. The second kappa shape index (κ2) is 4.95. The highest BCUT2D eigenvalue weighted by atomic mass is 16.1. The smallest absolute Gasteiger partial charge is 0.150 e. The summed E-state index contributed by atoms with van der Waals surface area (Å²) in [6.07, 6.45) is 0.216. The third-order valence-corrected chi connectivity index (χ3v) is 1.57. The zero-order valence-corrected chi connectivity index (χ0v) is 7.99. The molecule has 0 aromatic heterocycles. The van der Waals surface area contributed by atoms with E-state index in [0.29, 0.717) is 0 Å². The normalized spacial score (nSPS) is 16.9. The standard InChI is InChI=1S/C15H10O/c16-12-15-10-8-14(9-11-15)7-6-13-4-2-1-3-5-13/h1-5,8-12H/i1D,2D,3D,4D,5D,8D,9D,10D,11D. The monoisotopic (exact) mass is 215 g/mol. The van der Waals surface area contributed by atoms with E-state index >= 15 is 0 Å². The Morgan fingerprint density at radius 3 is 2.00 bits per heavy atom. The molecule has 0 saturated heterocycles. The van der Waals surface area contributed by atoms with Gasteiger partial charge in [0.25, 0.3) is 0 Å². The van der Waals surface area contributed by atoms with Crippen LogP contribution >= 0.6 is 0 Å². The lowest BCUT2D eigenvalue weighted by Gasteiger charge is -1.91. The fraction of sp³-hybridized carbons (Fsp3) is 0. The molecule has 0 radical (unpaired) electrons. The second-order valence-electron chi connectivity index (χ2n) is 2.66. The maximum atomic E-state index is 10.9. The summed E-state index contributed by atoms with van der Waals surface area (Å²) in [5, 5.41) is 0. The van der Waals surface area contributed by atoms with Crippen LogP contribution in [0.4, 0.5) is 0 Å². The molecular formula is C15H10O. The molecule has 2 aromatic carbocycles. The van der Waals surface area contributed by atoms with Crippen molar-refractivity contribution < 1.29 is 17.1 Å². The summed E-state index contributed by atoms with van der Waals surface area (Å²) >= 11 is 0. The molecule has 0 spiro atoms. The van der Waals surface area contributed by atoms with Gasteiger partial charge >= 0.3 is 0 Å². The van der Waals surface area contributed by atoms with Gasteiger partial charge in [-0.1, -0.05) is 42.1 Å². The van der Waals surface area contributed by atoms with Crippen molar-refractivity contribution in [2.45, 2.75) is 0 Å². The lowest BCUT2D eigenvalue weighted by Crippen LogP contribution is -1.80. The zero-order valence-electron chi connectivity index (χ0n) is 17.0. The minimum Gasteiger partial charge on any atom is -0.298 e. The van der Waals surface area contributed by atoms with Crippen LogP contribution in [0.3, 0.4) is 0 Å². The summed E-state index contributed by atoms with van der Waals surface area (Å²) in [6.45, 7) is 0. The Kier molecular flexibility index (Phi) is 1.21. The maximum Gasteiger partial charge on any atom is 0.150 e. The number of carbonyl (C=O) groups is 1. The molecule has 1 nitrogen and oxygen atoms in total. The Morgan fingerprint density at radius 1 is 0.875 bits per heavy atom. The Hall–Kier alpha value is -2.33. The van der Waals surface area contributed by atoms with Crippen molar-refractivity contribution in [2.75, 3.05) is 0 Å². The van der Waals surface area contributed by atoms with Crippen LogP contribution in [0.1, 0.15) is 33.8 Å². The lowest BCUT2D eigenvalue weighted by atomic mass is 10.1. The number of aldehydes is 1. The van der Waals surface area contributed by atoms with E-state index in [9.17, 15) is 4.79 Å². The van der Waals surface area contributed by atoms with E-state index in [-0.39, 0.29) is 17.4 Å². The Morgan fingerprint density at radius 2 is 1.44 bits per heavy atom. The molecule has 0 atom stereocenters. The molecule has 0 unspecified atom stereocenters. The maximum absolute atomic E-state index is 10.9. The molecule has 16 heavy (non-hydrogen) atoms. The predicted octanol–water partition coefficient (Wildman–Crippen LogP) is 2.90. The topological polar surface area (TPSA) is 17.1 Å². The van der Waals surface area contributed by atoms with E-state index in [2.05, 4.69) is 11.8 Å². The number of rotatable bonds is 1. The predicted molar refractivity (Wildman–Crippen MR) is 64.3 cm³/mol. The van der Waals surface area contributed by atoms with Crippen LogP contribution in [0.5, 0.6) is 0 Å². The van der Waals surface area contributed by atoms with Crippen molar-refractivity contribution in [2.24, 2.45) is 0 Å². The average molecular weight is 215 g/mol. The van der Waals surface area contributed by atoms with Gasteiger partial charge in [-0.2, -0.15) is 0 Å². The number of hydrogen-bond acceptors (Lipinski definition) is 1. The molecule has 0 saturated carbocycles. The highest BCUT2D eigenvalue weighted by molar-refractivity contribution is 5.74. The van der Waals surface area contributed by atoms with Gasteiger partial charge in [0.1, 0.15) is 6.29 Å². The largest absolute Gasteiger partial charge is 0.298 e. The van der Waals surface area contributed by atoms with Gasteiger partial charge in [-0.15, -0.1) is 0 Å². The van der Waals surface area contributed by atoms with Crippen molar-refractivity contribution in [1.82, 2.24) is 0 Å². The summed E-state index contributed by atoms with van der Waals surface area (Å²) in [4.78, 5) is 10.9. The summed E-state index contributed by atoms with van der Waals surface area (Å²) in [5.74, 6) is 4.67. The second-order valence-corrected chi connectivity index (χ2v) is 2.66. The summed E-state index contributed by atoms with van der Waals surface area (Å²) in [7, 11) is 0. The first kappa shape index (κ1) is 3.92. The molecule has 76 valence electrons. The van der Waals surface area contributed by atoms with E-state index in [1.165, 1.54) is 0 Å². The van der Waals surface area contributed by atoms with Gasteiger partial charge in [-0.05, 0) is 24.2 Å². The number of carbonyl (C=O) groups excluding carboxylic acids is 1. The Balaban J connectivity index is 2.76. The number of benzene rings is 2. The first-order valence-electron chi connectivity index (χ1n) is 8.77. The molecule has 0 fully saturated rings. The van der Waals surface area contributed by atoms with Gasteiger partial charge in [0.2, 0.25) is 0 Å². The SMILES string of the molecule is [2H]c1c([2H])c([2H])c(C#Cc2c([2H])c([2H])c(C=O)c([2H])c2[2H])c([2H])c1[2H]. The lowest BCUT2D eigenvalue weighted by molar-refractivity contribution is 0.112. The Bertz CT molecular complexity index is 912. The van der Waals surface area contributed by atoms with E-state index < -0.39 is 59.9 Å². The molecule has 2 aromatic rings. The summed E-state index contributed by atoms with van der Waals surface area (Å²) < 4.78 is 69.2. The van der Waals surface area contributed by atoms with Crippen LogP contribution in [0, 0.1) is 11.8 Å². The molecule has 0 aliphatic heterocycles. The van der Waals surface area contributed by atoms with Crippen LogP contribution in [0.15, 0.2) is 54.4 Å². The number of hydrogen-bond donors (Lipinski definition) is 0. The van der Waals surface area contributed by atoms with Crippen molar-refractivity contribution in [3.05, 3.63) is 71.1 Å². The van der Waals surface area contributed by atoms with E-state index in [1.807, 2.05) is 0 Å². The van der Waals surface area contributed by atoms with E-state index in [4.69, 9.17) is 12.3 Å². The summed E-state index contributed by atoms with van der Waals surface area (Å²) in [6, 6.07) is -4.95. The van der Waals surface area contributed by atoms with Crippen LogP contribution in [-0.4, -0.2) is 6.29 Å². The molecule has 0 heterocycles. The average Bonchev–Trinajstić information content (AvgIpc) is 2.59. The third-order valence-electron chi connectivity index (χ3n) is 1.57. The highest BCUT2D eigenvalue weighted by Gasteiger charge is 1.89. The van der Waals surface area contributed by atoms with Gasteiger partial charge < -0.3 is 0 Å². The van der Waals surface area contributed by atoms with Crippen LogP contribution in [-0.2, 0) is 0 Å². The summed E-state index contributed by atoms with van der Waals surface area (Å²) in [5.41, 5.74) is -1.04. The molecular weight excluding hydrogens is 196 g/mol. The van der Waals surface area contributed by atoms with Gasteiger partial charge in [-0.25, -0.2) is 0 Å². The minimum absolute atomic E-state index is 0.216. The van der Waals surface area contributed by atoms with Crippen molar-refractivity contribution >= 4 is 6.29 Å². The quantitative estimate of drug-likeness (QED) is 0.528. The third kappa shape index (κ3) is 2.59.